The average Bonchev–Trinajstić information content (AvgIpc) is 2.67. The Balaban J connectivity index is 2.26. The monoisotopic (exact) mass is 208 g/mol. The lowest BCUT2D eigenvalue weighted by Crippen LogP contribution is -2.31. The van der Waals surface area contributed by atoms with Gasteiger partial charge >= 0.3 is 0 Å². The van der Waals surface area contributed by atoms with Crippen molar-refractivity contribution in [1.29, 1.82) is 0 Å². The highest BCUT2D eigenvalue weighted by atomic mass is 32.1. The summed E-state index contributed by atoms with van der Waals surface area (Å²) in [7, 11) is 0. The predicted molar refractivity (Wildman–Crippen MR) is 62.3 cm³/mol. The molecule has 0 aromatic carbocycles. The lowest BCUT2D eigenvalue weighted by Gasteiger charge is -2.02. The number of rotatable bonds is 4. The van der Waals surface area contributed by atoms with Crippen LogP contribution in [0.1, 0.15) is 5.69 Å². The Hall–Kier alpha value is -1.62. The molecule has 0 fully saturated rings. The molecule has 1 heterocycles. The molecule has 5 heteroatoms. The second-order valence-corrected chi connectivity index (χ2v) is 2.90. The van der Waals surface area contributed by atoms with E-state index in [0.717, 1.165) is 5.69 Å². The van der Waals surface area contributed by atoms with Gasteiger partial charge in [0, 0.05) is 12.7 Å². The van der Waals surface area contributed by atoms with Gasteiger partial charge < -0.3 is 10.3 Å². The van der Waals surface area contributed by atoms with Crippen LogP contribution in [0.5, 0.6) is 0 Å². The van der Waals surface area contributed by atoms with Crippen molar-refractivity contribution in [3.8, 4) is 0 Å². The largest absolute Gasteiger partial charge is 0.360 e. The molecule has 3 N–H and O–H groups in total. The summed E-state index contributed by atoms with van der Waals surface area (Å²) in [4.78, 5) is 2.98. The van der Waals surface area contributed by atoms with Gasteiger partial charge in [0.25, 0.3) is 0 Å². The summed E-state index contributed by atoms with van der Waals surface area (Å²) in [6, 6.07) is 3.81. The minimum absolute atomic E-state index is 0.479. The molecular weight excluding hydrogens is 196 g/mol. The van der Waals surface area contributed by atoms with Crippen molar-refractivity contribution in [2.24, 2.45) is 5.10 Å². The molecule has 0 spiro atoms. The number of H-pyrrole nitrogens is 1. The molecule has 0 aliphatic heterocycles. The van der Waals surface area contributed by atoms with Crippen molar-refractivity contribution in [2.45, 2.75) is 0 Å². The van der Waals surface area contributed by atoms with Crippen molar-refractivity contribution in [1.82, 2.24) is 15.7 Å². The third-order valence-corrected chi connectivity index (χ3v) is 1.63. The van der Waals surface area contributed by atoms with E-state index in [0.29, 0.717) is 11.7 Å². The fourth-order valence-corrected chi connectivity index (χ4v) is 0.925. The first-order valence-electron chi connectivity index (χ1n) is 4.14. The summed E-state index contributed by atoms with van der Waals surface area (Å²) in [5.41, 5.74) is 3.60. The predicted octanol–water partition coefficient (Wildman–Crippen LogP) is 0.999. The van der Waals surface area contributed by atoms with E-state index in [2.05, 4.69) is 27.4 Å². The van der Waals surface area contributed by atoms with Crippen molar-refractivity contribution in [3.05, 3.63) is 36.7 Å². The number of hydrazone groups is 1. The Morgan fingerprint density at radius 1 is 1.71 bits per heavy atom. The van der Waals surface area contributed by atoms with Gasteiger partial charge in [-0.1, -0.05) is 6.08 Å². The zero-order valence-electron chi connectivity index (χ0n) is 7.66. The maximum atomic E-state index is 4.92. The van der Waals surface area contributed by atoms with Crippen molar-refractivity contribution in [3.63, 3.8) is 0 Å². The highest BCUT2D eigenvalue weighted by molar-refractivity contribution is 7.80. The Morgan fingerprint density at radius 2 is 2.57 bits per heavy atom. The molecule has 0 radical (unpaired) electrons. The van der Waals surface area contributed by atoms with Gasteiger partial charge in [-0.15, -0.1) is 6.58 Å². The van der Waals surface area contributed by atoms with Crippen LogP contribution in [0, 0.1) is 0 Å². The Labute approximate surface area is 88.1 Å². The minimum atomic E-state index is 0.479. The normalized spacial score (nSPS) is 10.0. The summed E-state index contributed by atoms with van der Waals surface area (Å²) in [5.74, 6) is 0. The molecule has 1 aromatic heterocycles. The Bertz CT molecular complexity index is 316. The number of hydrogen-bond acceptors (Lipinski definition) is 2. The molecule has 0 aliphatic carbocycles. The van der Waals surface area contributed by atoms with Crippen LogP contribution in [-0.2, 0) is 0 Å². The van der Waals surface area contributed by atoms with Gasteiger partial charge in [-0.25, -0.2) is 0 Å². The molecular formula is C9H12N4S. The highest BCUT2D eigenvalue weighted by Crippen LogP contribution is 1.87. The first kappa shape index (κ1) is 10.5. The van der Waals surface area contributed by atoms with Gasteiger partial charge in [0.15, 0.2) is 5.11 Å². The smallest absolute Gasteiger partial charge is 0.187 e. The fraction of sp³-hybridized carbons (Fsp3) is 0.111. The Morgan fingerprint density at radius 3 is 3.21 bits per heavy atom. The van der Waals surface area contributed by atoms with E-state index < -0.39 is 0 Å². The highest BCUT2D eigenvalue weighted by Gasteiger charge is 1.88. The number of aromatic amines is 1. The molecule has 0 unspecified atom stereocenters. The first-order valence-corrected chi connectivity index (χ1v) is 4.55. The zero-order chi connectivity index (χ0) is 10.2. The minimum Gasteiger partial charge on any atom is -0.360 e. The van der Waals surface area contributed by atoms with Crippen LogP contribution in [0.3, 0.4) is 0 Å². The van der Waals surface area contributed by atoms with E-state index in [1.165, 1.54) is 0 Å². The first-order chi connectivity index (χ1) is 6.83. The van der Waals surface area contributed by atoms with Crippen molar-refractivity contribution in [2.75, 3.05) is 6.54 Å². The van der Waals surface area contributed by atoms with Crippen molar-refractivity contribution >= 4 is 23.5 Å². The van der Waals surface area contributed by atoms with E-state index in [-0.39, 0.29) is 0 Å². The summed E-state index contributed by atoms with van der Waals surface area (Å²) in [5, 5.41) is 7.29. The summed E-state index contributed by atoms with van der Waals surface area (Å²) >= 11 is 4.92. The van der Waals surface area contributed by atoms with Crippen LogP contribution in [0.2, 0.25) is 0 Å². The van der Waals surface area contributed by atoms with Gasteiger partial charge in [0.2, 0.25) is 0 Å². The number of nitrogens with zero attached hydrogens (tertiary/aromatic N) is 1. The van der Waals surface area contributed by atoms with Gasteiger partial charge in [-0.2, -0.15) is 5.10 Å². The van der Waals surface area contributed by atoms with Gasteiger partial charge in [0.05, 0.1) is 11.9 Å². The molecule has 74 valence electrons. The maximum Gasteiger partial charge on any atom is 0.187 e. The molecule has 1 rings (SSSR count). The van der Waals surface area contributed by atoms with E-state index in [9.17, 15) is 0 Å². The van der Waals surface area contributed by atoms with E-state index >= 15 is 0 Å². The lowest BCUT2D eigenvalue weighted by atomic mass is 10.5. The van der Waals surface area contributed by atoms with Crippen LogP contribution in [-0.4, -0.2) is 22.9 Å². The molecule has 14 heavy (non-hydrogen) atoms. The number of nitrogens with one attached hydrogen (secondary N) is 3. The molecule has 0 aliphatic rings. The second-order valence-electron chi connectivity index (χ2n) is 2.49. The van der Waals surface area contributed by atoms with Gasteiger partial charge in [-0.3, -0.25) is 5.43 Å². The quantitative estimate of drug-likeness (QED) is 0.299. The molecule has 4 nitrogen and oxygen atoms in total. The second kappa shape index (κ2) is 5.93. The maximum absolute atomic E-state index is 4.92. The molecule has 0 saturated carbocycles. The van der Waals surface area contributed by atoms with Crippen molar-refractivity contribution < 1.29 is 0 Å². The molecule has 0 atom stereocenters. The Kier molecular flexibility index (Phi) is 4.43. The zero-order valence-corrected chi connectivity index (χ0v) is 8.47. The summed E-state index contributed by atoms with van der Waals surface area (Å²) in [6.45, 7) is 4.19. The topological polar surface area (TPSA) is 52.2 Å². The van der Waals surface area contributed by atoms with Gasteiger partial charge in [0.1, 0.15) is 0 Å². The van der Waals surface area contributed by atoms with E-state index in [1.807, 2.05) is 18.3 Å². The average molecular weight is 208 g/mol. The third kappa shape index (κ3) is 3.86. The van der Waals surface area contributed by atoms with E-state index in [1.54, 1.807) is 12.3 Å². The van der Waals surface area contributed by atoms with Crippen LogP contribution in [0.15, 0.2) is 36.1 Å². The lowest BCUT2D eigenvalue weighted by molar-refractivity contribution is 0.941. The van der Waals surface area contributed by atoms with E-state index in [4.69, 9.17) is 12.2 Å². The number of aromatic nitrogens is 1. The molecule has 0 amide bonds. The van der Waals surface area contributed by atoms with Crippen LogP contribution in [0.25, 0.3) is 0 Å². The van der Waals surface area contributed by atoms with Crippen LogP contribution < -0.4 is 10.7 Å². The standard InChI is InChI=1S/C9H12N4S/c1-2-5-11-9(14)13-12-7-8-4-3-6-10-8/h2-4,6-7,10H,1,5H2,(H2,11,13,14)/b12-7+. The fourth-order valence-electron chi connectivity index (χ4n) is 0.789. The molecule has 1 aromatic rings. The third-order valence-electron chi connectivity index (χ3n) is 1.40. The number of thiocarbonyl (C=S) groups is 1. The SMILES string of the molecule is C=CCNC(=S)N/N=C/c1ccc[nH]1. The summed E-state index contributed by atoms with van der Waals surface area (Å²) in [6.07, 6.45) is 5.21. The summed E-state index contributed by atoms with van der Waals surface area (Å²) < 4.78 is 0. The van der Waals surface area contributed by atoms with Gasteiger partial charge in [-0.05, 0) is 24.4 Å². The molecule has 0 saturated heterocycles. The molecule has 0 bridgehead atoms. The van der Waals surface area contributed by atoms with Crippen LogP contribution >= 0.6 is 12.2 Å². The number of hydrogen-bond donors (Lipinski definition) is 3. The van der Waals surface area contributed by atoms with Crippen LogP contribution in [0.4, 0.5) is 0 Å².